The van der Waals surface area contributed by atoms with Gasteiger partial charge in [-0.15, -0.1) is 30.0 Å². The van der Waals surface area contributed by atoms with Crippen LogP contribution >= 0.6 is 0 Å². The molecule has 2 heterocycles. The summed E-state index contributed by atoms with van der Waals surface area (Å²) >= 11 is 0. The molecule has 0 saturated heterocycles. The second-order valence-corrected chi connectivity index (χ2v) is 13.4. The van der Waals surface area contributed by atoms with Gasteiger partial charge in [0.1, 0.15) is 44.9 Å². The van der Waals surface area contributed by atoms with Crippen LogP contribution in [0.5, 0.6) is 11.5 Å². The summed E-state index contributed by atoms with van der Waals surface area (Å²) in [5.41, 5.74) is 7.91. The maximum atomic E-state index is 11.8. The van der Waals surface area contributed by atoms with Gasteiger partial charge in [0.05, 0.1) is 0 Å². The minimum absolute atomic E-state index is 0.122. The van der Waals surface area contributed by atoms with Crippen molar-refractivity contribution in [2.75, 3.05) is 0 Å². The summed E-state index contributed by atoms with van der Waals surface area (Å²) < 4.78 is 0. The van der Waals surface area contributed by atoms with Crippen LogP contribution < -0.4 is 0 Å². The highest BCUT2D eigenvalue weighted by atomic mass is 16.3. The van der Waals surface area contributed by atoms with Gasteiger partial charge >= 0.3 is 0 Å². The highest BCUT2D eigenvalue weighted by Gasteiger charge is 2.20. The standard InChI is InChI=1S/C41H50N6O2/c1-3-5-7-9-11-13-19-30-25-32(40(48)38(27-30)46-42-34-21-15-16-22-35(34)43-46)29-33-26-31(20-14-12-10-8-6-4-2)28-39(41(33)49)47-44-36-23-17-18-24-37(36)45-47/h15-18,21-28,48-49H,3-14,19-20,29H2,1-2H3. The zero-order valence-electron chi connectivity index (χ0n) is 29.1. The lowest BCUT2D eigenvalue weighted by Gasteiger charge is -2.16. The van der Waals surface area contributed by atoms with Crippen LogP contribution in [0.4, 0.5) is 0 Å². The number of rotatable bonds is 18. The number of hydrogen-bond donors (Lipinski definition) is 2. The number of aromatic nitrogens is 6. The number of phenols is 2. The average molecular weight is 659 g/mol. The minimum Gasteiger partial charge on any atom is -0.505 e. The molecule has 6 rings (SSSR count). The molecule has 0 radical (unpaired) electrons. The molecule has 0 saturated carbocycles. The molecule has 49 heavy (non-hydrogen) atoms. The fourth-order valence-corrected chi connectivity index (χ4v) is 6.71. The van der Waals surface area contributed by atoms with E-state index in [4.69, 9.17) is 20.4 Å². The zero-order valence-corrected chi connectivity index (χ0v) is 29.1. The Morgan fingerprint density at radius 2 is 0.816 bits per heavy atom. The van der Waals surface area contributed by atoms with E-state index in [1.807, 2.05) is 60.7 Å². The van der Waals surface area contributed by atoms with Crippen molar-refractivity contribution >= 4 is 22.1 Å². The molecule has 0 unspecified atom stereocenters. The molecule has 0 aliphatic carbocycles. The molecule has 0 aliphatic heterocycles. The van der Waals surface area contributed by atoms with Crippen molar-refractivity contribution in [2.45, 2.75) is 110 Å². The van der Waals surface area contributed by atoms with Crippen molar-refractivity contribution < 1.29 is 10.2 Å². The van der Waals surface area contributed by atoms with Crippen LogP contribution in [0.2, 0.25) is 0 Å². The number of hydrogen-bond acceptors (Lipinski definition) is 6. The Balaban J connectivity index is 1.35. The molecule has 256 valence electrons. The summed E-state index contributed by atoms with van der Waals surface area (Å²) in [7, 11) is 0. The molecule has 8 heteroatoms. The van der Waals surface area contributed by atoms with Gasteiger partial charge in [0.2, 0.25) is 0 Å². The van der Waals surface area contributed by atoms with Crippen molar-refractivity contribution in [1.82, 2.24) is 30.0 Å². The van der Waals surface area contributed by atoms with Crippen molar-refractivity contribution in [3.8, 4) is 22.9 Å². The lowest BCUT2D eigenvalue weighted by molar-refractivity contribution is 0.455. The van der Waals surface area contributed by atoms with Crippen molar-refractivity contribution in [3.05, 3.63) is 95.1 Å². The summed E-state index contributed by atoms with van der Waals surface area (Å²) in [5.74, 6) is 0.245. The monoisotopic (exact) mass is 658 g/mol. The van der Waals surface area contributed by atoms with Gasteiger partial charge in [0.25, 0.3) is 0 Å². The number of phenolic OH excluding ortho intramolecular Hbond substituents is 2. The lowest BCUT2D eigenvalue weighted by Crippen LogP contribution is -2.06. The Bertz CT molecular complexity index is 1770. The van der Waals surface area contributed by atoms with Gasteiger partial charge in [0, 0.05) is 17.5 Å². The van der Waals surface area contributed by atoms with E-state index in [0.717, 1.165) is 70.0 Å². The molecule has 4 aromatic carbocycles. The number of aromatic hydroxyl groups is 2. The molecule has 0 fully saturated rings. The highest BCUT2D eigenvalue weighted by Crippen LogP contribution is 2.35. The van der Waals surface area contributed by atoms with E-state index < -0.39 is 0 Å². The maximum absolute atomic E-state index is 11.8. The van der Waals surface area contributed by atoms with Crippen LogP contribution in [0, 0.1) is 0 Å². The Labute approximate surface area is 289 Å². The van der Waals surface area contributed by atoms with Gasteiger partial charge in [-0.1, -0.05) is 114 Å². The first-order valence-electron chi connectivity index (χ1n) is 18.4. The average Bonchev–Trinajstić information content (AvgIpc) is 3.75. The summed E-state index contributed by atoms with van der Waals surface area (Å²) in [6.07, 6.45) is 16.6. The van der Waals surface area contributed by atoms with Crippen LogP contribution in [0.3, 0.4) is 0 Å². The molecule has 2 aromatic heterocycles. The molecule has 0 spiro atoms. The Morgan fingerprint density at radius 3 is 1.18 bits per heavy atom. The third kappa shape index (κ3) is 8.48. The van der Waals surface area contributed by atoms with E-state index in [1.165, 1.54) is 64.2 Å². The SMILES string of the molecule is CCCCCCCCc1cc(Cc2cc(CCCCCCCC)cc(-n3nc4ccccc4n3)c2O)c(O)c(-n2nc3ccccc3n2)c1. The normalized spacial score (nSPS) is 11.6. The molecular formula is C41H50N6O2. The molecule has 0 amide bonds. The van der Waals surface area contributed by atoms with E-state index in [1.54, 1.807) is 9.59 Å². The molecule has 8 nitrogen and oxygen atoms in total. The van der Waals surface area contributed by atoms with Crippen molar-refractivity contribution in [1.29, 1.82) is 0 Å². The molecule has 0 bridgehead atoms. The first kappa shape index (κ1) is 34.2. The molecule has 6 aromatic rings. The Kier molecular flexibility index (Phi) is 11.6. The topological polar surface area (TPSA) is 102 Å². The third-order valence-corrected chi connectivity index (χ3v) is 9.48. The summed E-state index contributed by atoms with van der Waals surface area (Å²) in [6, 6.07) is 23.7. The van der Waals surface area contributed by atoms with Crippen LogP contribution in [0.15, 0.2) is 72.8 Å². The van der Waals surface area contributed by atoms with Gasteiger partial charge in [-0.2, -0.15) is 0 Å². The molecule has 0 atom stereocenters. The van der Waals surface area contributed by atoms with E-state index in [9.17, 15) is 10.2 Å². The van der Waals surface area contributed by atoms with Crippen LogP contribution in [0.1, 0.15) is 113 Å². The first-order valence-corrected chi connectivity index (χ1v) is 18.4. The Morgan fingerprint density at radius 1 is 0.469 bits per heavy atom. The molecule has 2 N–H and O–H groups in total. The zero-order chi connectivity index (χ0) is 34.0. The van der Waals surface area contributed by atoms with E-state index in [-0.39, 0.29) is 11.5 Å². The van der Waals surface area contributed by atoms with Gasteiger partial charge in [-0.25, -0.2) is 0 Å². The van der Waals surface area contributed by atoms with Gasteiger partial charge in [-0.3, -0.25) is 0 Å². The van der Waals surface area contributed by atoms with E-state index in [0.29, 0.717) is 17.8 Å². The number of benzene rings is 4. The first-order chi connectivity index (χ1) is 24.0. The van der Waals surface area contributed by atoms with Gasteiger partial charge in [-0.05, 0) is 73.2 Å². The van der Waals surface area contributed by atoms with Gasteiger partial charge in [0.15, 0.2) is 0 Å². The predicted molar refractivity (Wildman–Crippen MR) is 198 cm³/mol. The fourth-order valence-electron chi connectivity index (χ4n) is 6.71. The number of aryl methyl sites for hydroxylation is 2. The third-order valence-electron chi connectivity index (χ3n) is 9.48. The molecular weight excluding hydrogens is 608 g/mol. The highest BCUT2D eigenvalue weighted by molar-refractivity contribution is 5.74. The van der Waals surface area contributed by atoms with Crippen LogP contribution in [-0.4, -0.2) is 40.2 Å². The summed E-state index contributed by atoms with van der Waals surface area (Å²) in [5, 5.41) is 42.4. The minimum atomic E-state index is 0.122. The quantitative estimate of drug-likeness (QED) is 0.0892. The number of fused-ring (bicyclic) bond motifs is 2. The smallest absolute Gasteiger partial charge is 0.146 e. The van der Waals surface area contributed by atoms with Crippen LogP contribution in [0.25, 0.3) is 33.4 Å². The largest absolute Gasteiger partial charge is 0.505 e. The van der Waals surface area contributed by atoms with Crippen molar-refractivity contribution in [2.24, 2.45) is 0 Å². The van der Waals surface area contributed by atoms with E-state index in [2.05, 4.69) is 26.0 Å². The van der Waals surface area contributed by atoms with Gasteiger partial charge < -0.3 is 10.2 Å². The summed E-state index contributed by atoms with van der Waals surface area (Å²) in [6.45, 7) is 4.48. The number of nitrogens with zero attached hydrogens (tertiary/aromatic N) is 6. The predicted octanol–water partition coefficient (Wildman–Crippen LogP) is 9.96. The van der Waals surface area contributed by atoms with E-state index >= 15 is 0 Å². The second kappa shape index (κ2) is 16.6. The lowest BCUT2D eigenvalue weighted by atomic mass is 9.95. The summed E-state index contributed by atoms with van der Waals surface area (Å²) in [4.78, 5) is 3.10. The second-order valence-electron chi connectivity index (χ2n) is 13.4. The molecule has 0 aliphatic rings. The Hall–Kier alpha value is -4.72. The maximum Gasteiger partial charge on any atom is 0.146 e. The number of unbranched alkanes of at least 4 members (excludes halogenated alkanes) is 10. The fraction of sp³-hybridized carbons (Fsp3) is 0.415. The van der Waals surface area contributed by atoms with Crippen molar-refractivity contribution in [3.63, 3.8) is 0 Å². The van der Waals surface area contributed by atoms with Crippen LogP contribution in [-0.2, 0) is 19.3 Å².